The molecular formula is C19H23N3O2. The summed E-state index contributed by atoms with van der Waals surface area (Å²) in [5.74, 6) is 1.15. The summed E-state index contributed by atoms with van der Waals surface area (Å²) in [7, 11) is 0. The minimum Gasteiger partial charge on any atom is -0.432 e. The van der Waals surface area contributed by atoms with Gasteiger partial charge in [0.25, 0.3) is 5.89 Å². The summed E-state index contributed by atoms with van der Waals surface area (Å²) in [4.78, 5) is 19.2. The van der Waals surface area contributed by atoms with Gasteiger partial charge in [-0.2, -0.15) is 0 Å². The first kappa shape index (κ1) is 15.4. The monoisotopic (exact) mass is 325 g/mol. The molecular weight excluding hydrogens is 302 g/mol. The van der Waals surface area contributed by atoms with Gasteiger partial charge in [0, 0.05) is 17.6 Å². The quantitative estimate of drug-likeness (QED) is 0.943. The Morgan fingerprint density at radius 3 is 2.75 bits per heavy atom. The van der Waals surface area contributed by atoms with Crippen LogP contribution in [0.4, 0.5) is 0 Å². The Morgan fingerprint density at radius 2 is 2.04 bits per heavy atom. The van der Waals surface area contributed by atoms with Crippen molar-refractivity contribution in [1.82, 2.24) is 15.2 Å². The molecule has 5 nitrogen and oxygen atoms in total. The van der Waals surface area contributed by atoms with Crippen LogP contribution in [0.25, 0.3) is 11.3 Å². The van der Waals surface area contributed by atoms with Gasteiger partial charge in [0.15, 0.2) is 5.76 Å². The van der Waals surface area contributed by atoms with Crippen LogP contribution in [0.3, 0.4) is 0 Å². The van der Waals surface area contributed by atoms with Gasteiger partial charge in [-0.3, -0.25) is 9.69 Å². The lowest BCUT2D eigenvalue weighted by atomic mass is 9.79. The number of hydrogen-bond donors (Lipinski definition) is 1. The number of aryl methyl sites for hydroxylation is 1. The summed E-state index contributed by atoms with van der Waals surface area (Å²) in [5, 5.41) is 3.16. The van der Waals surface area contributed by atoms with E-state index in [9.17, 15) is 4.79 Å². The van der Waals surface area contributed by atoms with E-state index in [4.69, 9.17) is 4.42 Å². The summed E-state index contributed by atoms with van der Waals surface area (Å²) >= 11 is 0. The molecule has 2 atom stereocenters. The van der Waals surface area contributed by atoms with Crippen LogP contribution in [0.15, 0.2) is 34.9 Å². The summed E-state index contributed by atoms with van der Waals surface area (Å²) in [6.07, 6.45) is 3.96. The van der Waals surface area contributed by atoms with Gasteiger partial charge in [0.1, 0.15) is 0 Å². The second-order valence-electron chi connectivity index (χ2n) is 6.96. The van der Waals surface area contributed by atoms with Gasteiger partial charge in [-0.15, -0.1) is 0 Å². The molecule has 1 amide bonds. The highest BCUT2D eigenvalue weighted by molar-refractivity contribution is 5.90. The maximum Gasteiger partial charge on any atom is 0.307 e. The van der Waals surface area contributed by atoms with Crippen molar-refractivity contribution in [3.8, 4) is 11.3 Å². The number of aromatic nitrogens is 1. The van der Waals surface area contributed by atoms with Crippen molar-refractivity contribution >= 4 is 5.91 Å². The van der Waals surface area contributed by atoms with Crippen LogP contribution < -0.4 is 5.32 Å². The van der Waals surface area contributed by atoms with Crippen molar-refractivity contribution in [2.45, 2.75) is 38.8 Å². The van der Waals surface area contributed by atoms with Gasteiger partial charge in [-0.25, -0.2) is 4.98 Å². The molecule has 1 aromatic heterocycles. The van der Waals surface area contributed by atoms with E-state index in [-0.39, 0.29) is 17.8 Å². The largest absolute Gasteiger partial charge is 0.432 e. The summed E-state index contributed by atoms with van der Waals surface area (Å²) in [6.45, 7) is 6.51. The van der Waals surface area contributed by atoms with Crippen molar-refractivity contribution in [2.75, 3.05) is 13.1 Å². The molecule has 24 heavy (non-hydrogen) atoms. The van der Waals surface area contributed by atoms with Crippen molar-refractivity contribution in [3.05, 3.63) is 41.9 Å². The van der Waals surface area contributed by atoms with Crippen molar-refractivity contribution in [1.29, 1.82) is 0 Å². The molecule has 0 unspecified atom stereocenters. The molecule has 1 N–H and O–H groups in total. The lowest BCUT2D eigenvalue weighted by molar-refractivity contribution is 0.0210. The number of oxazole rings is 1. The fourth-order valence-electron chi connectivity index (χ4n) is 4.11. The highest BCUT2D eigenvalue weighted by atomic mass is 16.4. The van der Waals surface area contributed by atoms with E-state index < -0.39 is 0 Å². The number of fused-ring (bicyclic) bond motifs is 3. The maximum absolute atomic E-state index is 12.6. The van der Waals surface area contributed by atoms with Crippen molar-refractivity contribution in [3.63, 3.8) is 0 Å². The number of benzene rings is 1. The van der Waals surface area contributed by atoms with Crippen LogP contribution in [0.5, 0.6) is 0 Å². The zero-order valence-electron chi connectivity index (χ0n) is 14.2. The number of carbonyl (C=O) groups is 1. The Labute approximate surface area is 142 Å². The smallest absolute Gasteiger partial charge is 0.307 e. The summed E-state index contributed by atoms with van der Waals surface area (Å²) in [6, 6.07) is 8.51. The molecule has 3 fully saturated rings. The van der Waals surface area contributed by atoms with Gasteiger partial charge >= 0.3 is 5.91 Å². The lowest BCUT2D eigenvalue weighted by Crippen LogP contribution is -2.62. The molecule has 5 heteroatoms. The minimum absolute atomic E-state index is 0.150. The Balaban J connectivity index is 1.51. The van der Waals surface area contributed by atoms with Gasteiger partial charge in [-0.05, 0) is 51.3 Å². The molecule has 3 saturated heterocycles. The Hall–Kier alpha value is -2.14. The molecule has 3 aliphatic rings. The number of nitrogens with zero attached hydrogens (tertiary/aromatic N) is 2. The minimum atomic E-state index is -0.208. The fourth-order valence-corrected chi connectivity index (χ4v) is 4.11. The molecule has 0 spiro atoms. The third-order valence-corrected chi connectivity index (χ3v) is 5.59. The molecule has 4 heterocycles. The number of piperidine rings is 3. The van der Waals surface area contributed by atoms with Gasteiger partial charge in [0.05, 0.1) is 6.20 Å². The average molecular weight is 325 g/mol. The first-order chi connectivity index (χ1) is 11.6. The molecule has 0 saturated carbocycles. The predicted molar refractivity (Wildman–Crippen MR) is 91.7 cm³/mol. The molecule has 1 aromatic carbocycles. The second kappa shape index (κ2) is 6.06. The zero-order valence-corrected chi connectivity index (χ0v) is 14.2. The third-order valence-electron chi connectivity index (χ3n) is 5.59. The molecule has 5 rings (SSSR count). The van der Waals surface area contributed by atoms with Crippen LogP contribution in [-0.4, -0.2) is 41.0 Å². The Kier molecular flexibility index (Phi) is 3.88. The van der Waals surface area contributed by atoms with Gasteiger partial charge < -0.3 is 9.73 Å². The maximum atomic E-state index is 12.6. The topological polar surface area (TPSA) is 58.4 Å². The van der Waals surface area contributed by atoms with E-state index in [1.165, 1.54) is 0 Å². The molecule has 0 radical (unpaired) electrons. The lowest BCUT2D eigenvalue weighted by Gasteiger charge is -2.49. The van der Waals surface area contributed by atoms with Crippen LogP contribution >= 0.6 is 0 Å². The molecule has 0 aliphatic carbocycles. The van der Waals surface area contributed by atoms with Gasteiger partial charge in [0.2, 0.25) is 0 Å². The van der Waals surface area contributed by atoms with Crippen LogP contribution in [0, 0.1) is 12.8 Å². The third kappa shape index (κ3) is 2.63. The standard InChI is InChI=1S/C19H23N3O2/c1-12-5-3-4-6-15(12)16-11-20-19(24-16)18(23)21-17-13(2)22-9-7-14(17)8-10-22/h3-6,11,13-14,17H,7-10H2,1-2H3,(H,21,23)/t13-,17-/m0/s1. The molecule has 126 valence electrons. The van der Waals surface area contributed by atoms with E-state index in [0.717, 1.165) is 37.1 Å². The Bertz CT molecular complexity index is 745. The Morgan fingerprint density at radius 1 is 1.29 bits per heavy atom. The summed E-state index contributed by atoms with van der Waals surface area (Å²) < 4.78 is 5.73. The number of carbonyl (C=O) groups excluding carboxylic acids is 1. The molecule has 2 bridgehead atoms. The predicted octanol–water partition coefficient (Wildman–Crippen LogP) is 2.86. The van der Waals surface area contributed by atoms with E-state index in [2.05, 4.69) is 22.1 Å². The fraction of sp³-hybridized carbons (Fsp3) is 0.474. The van der Waals surface area contributed by atoms with Gasteiger partial charge in [-0.1, -0.05) is 24.3 Å². The normalized spacial score (nSPS) is 28.8. The number of rotatable bonds is 3. The zero-order chi connectivity index (χ0) is 16.7. The van der Waals surface area contributed by atoms with Crippen molar-refractivity contribution < 1.29 is 9.21 Å². The van der Waals surface area contributed by atoms with E-state index >= 15 is 0 Å². The first-order valence-electron chi connectivity index (χ1n) is 8.70. The first-order valence-corrected chi connectivity index (χ1v) is 8.70. The average Bonchev–Trinajstić information content (AvgIpc) is 3.09. The highest BCUT2D eigenvalue weighted by Crippen LogP contribution is 2.32. The van der Waals surface area contributed by atoms with E-state index in [1.54, 1.807) is 6.20 Å². The number of hydrogen-bond acceptors (Lipinski definition) is 4. The van der Waals surface area contributed by atoms with E-state index in [0.29, 0.717) is 17.7 Å². The number of amides is 1. The molecule has 3 aliphatic heterocycles. The highest BCUT2D eigenvalue weighted by Gasteiger charge is 2.40. The van der Waals surface area contributed by atoms with E-state index in [1.807, 2.05) is 31.2 Å². The van der Waals surface area contributed by atoms with Crippen LogP contribution in [0.2, 0.25) is 0 Å². The SMILES string of the molecule is Cc1ccccc1-c1cnc(C(=O)N[C@@H]2C3CCN(CC3)[C@H]2C)o1. The summed E-state index contributed by atoms with van der Waals surface area (Å²) in [5.41, 5.74) is 2.08. The van der Waals surface area contributed by atoms with Crippen molar-refractivity contribution in [2.24, 2.45) is 5.92 Å². The van der Waals surface area contributed by atoms with Crippen LogP contribution in [-0.2, 0) is 0 Å². The molecule has 2 aromatic rings. The second-order valence-corrected chi connectivity index (χ2v) is 6.96. The van der Waals surface area contributed by atoms with Crippen LogP contribution in [0.1, 0.15) is 36.0 Å². The number of nitrogens with one attached hydrogen (secondary N) is 1.